The molecule has 138 valence electrons. The average molecular weight is 355 g/mol. The van der Waals surface area contributed by atoms with Crippen LogP contribution in [0.1, 0.15) is 24.2 Å². The van der Waals surface area contributed by atoms with Crippen LogP contribution in [0.25, 0.3) is 0 Å². The number of furan rings is 1. The Hall–Kier alpha value is -2.60. The van der Waals surface area contributed by atoms with Gasteiger partial charge in [0.05, 0.1) is 25.4 Å². The minimum atomic E-state index is -0.246. The molecule has 1 fully saturated rings. The first-order valence-electron chi connectivity index (χ1n) is 9.07. The SMILES string of the molecule is O=C(CN1CCCC1C(=O)NCc1ccco1)NCCc1ccccc1. The number of likely N-dealkylation sites (tertiary alicyclic amines) is 1. The van der Waals surface area contributed by atoms with Gasteiger partial charge in [-0.05, 0) is 43.5 Å². The van der Waals surface area contributed by atoms with Crippen molar-refractivity contribution < 1.29 is 14.0 Å². The highest BCUT2D eigenvalue weighted by Gasteiger charge is 2.31. The van der Waals surface area contributed by atoms with E-state index < -0.39 is 0 Å². The quantitative estimate of drug-likeness (QED) is 0.756. The van der Waals surface area contributed by atoms with Gasteiger partial charge in [-0.2, -0.15) is 0 Å². The third kappa shape index (κ3) is 5.20. The van der Waals surface area contributed by atoms with Crippen molar-refractivity contribution in [1.29, 1.82) is 0 Å². The second-order valence-corrected chi connectivity index (χ2v) is 6.51. The third-order valence-corrected chi connectivity index (χ3v) is 4.61. The van der Waals surface area contributed by atoms with Crippen LogP contribution in [-0.2, 0) is 22.6 Å². The van der Waals surface area contributed by atoms with Crippen LogP contribution in [0.2, 0.25) is 0 Å². The number of benzene rings is 1. The molecule has 0 aliphatic carbocycles. The number of nitrogens with zero attached hydrogens (tertiary/aromatic N) is 1. The van der Waals surface area contributed by atoms with Gasteiger partial charge in [0.2, 0.25) is 11.8 Å². The second kappa shape index (κ2) is 9.20. The fourth-order valence-corrected chi connectivity index (χ4v) is 3.25. The summed E-state index contributed by atoms with van der Waals surface area (Å²) in [6.07, 6.45) is 4.10. The second-order valence-electron chi connectivity index (χ2n) is 6.51. The number of nitrogens with one attached hydrogen (secondary N) is 2. The molecular formula is C20H25N3O3. The first-order chi connectivity index (χ1) is 12.7. The Morgan fingerprint density at radius 3 is 2.73 bits per heavy atom. The van der Waals surface area contributed by atoms with Gasteiger partial charge in [-0.15, -0.1) is 0 Å². The summed E-state index contributed by atoms with van der Waals surface area (Å²) in [7, 11) is 0. The lowest BCUT2D eigenvalue weighted by molar-refractivity contribution is -0.127. The molecule has 1 atom stereocenters. The van der Waals surface area contributed by atoms with Crippen molar-refractivity contribution in [1.82, 2.24) is 15.5 Å². The first-order valence-corrected chi connectivity index (χ1v) is 9.07. The molecule has 0 bridgehead atoms. The Kier molecular flexibility index (Phi) is 6.44. The van der Waals surface area contributed by atoms with Crippen LogP contribution in [0, 0.1) is 0 Å². The van der Waals surface area contributed by atoms with Gasteiger partial charge >= 0.3 is 0 Å². The molecule has 2 N–H and O–H groups in total. The van der Waals surface area contributed by atoms with Crippen LogP contribution in [0.15, 0.2) is 53.1 Å². The minimum absolute atomic E-state index is 0.0355. The number of hydrogen-bond donors (Lipinski definition) is 2. The molecule has 1 aliphatic heterocycles. The predicted molar refractivity (Wildman–Crippen MR) is 98.3 cm³/mol. The molecule has 2 heterocycles. The van der Waals surface area contributed by atoms with Crippen LogP contribution in [0.5, 0.6) is 0 Å². The number of rotatable bonds is 8. The van der Waals surface area contributed by atoms with E-state index in [0.29, 0.717) is 13.1 Å². The molecule has 1 aromatic carbocycles. The summed E-state index contributed by atoms with van der Waals surface area (Å²) >= 11 is 0. The Balaban J connectivity index is 1.41. The molecule has 0 radical (unpaired) electrons. The predicted octanol–water partition coefficient (Wildman–Crippen LogP) is 1.72. The van der Waals surface area contributed by atoms with Gasteiger partial charge in [0.1, 0.15) is 5.76 Å². The lowest BCUT2D eigenvalue weighted by Gasteiger charge is -2.23. The highest BCUT2D eigenvalue weighted by atomic mass is 16.3. The van der Waals surface area contributed by atoms with Gasteiger partial charge in [-0.25, -0.2) is 0 Å². The number of amides is 2. The molecule has 0 saturated carbocycles. The van der Waals surface area contributed by atoms with Crippen LogP contribution in [0.3, 0.4) is 0 Å². The summed E-state index contributed by atoms with van der Waals surface area (Å²) in [6, 6.07) is 13.4. The molecule has 1 unspecified atom stereocenters. The van der Waals surface area contributed by atoms with Gasteiger partial charge in [0, 0.05) is 6.54 Å². The lowest BCUT2D eigenvalue weighted by Crippen LogP contribution is -2.47. The monoisotopic (exact) mass is 355 g/mol. The number of carbonyl (C=O) groups excluding carboxylic acids is 2. The number of hydrogen-bond acceptors (Lipinski definition) is 4. The molecule has 6 nitrogen and oxygen atoms in total. The van der Waals surface area contributed by atoms with E-state index in [9.17, 15) is 9.59 Å². The zero-order valence-corrected chi connectivity index (χ0v) is 14.8. The van der Waals surface area contributed by atoms with Gasteiger partial charge < -0.3 is 15.1 Å². The Bertz CT molecular complexity index is 700. The van der Waals surface area contributed by atoms with E-state index in [2.05, 4.69) is 10.6 Å². The van der Waals surface area contributed by atoms with E-state index in [1.165, 1.54) is 5.56 Å². The molecule has 6 heteroatoms. The van der Waals surface area contributed by atoms with Crippen LogP contribution in [-0.4, -0.2) is 42.4 Å². The van der Waals surface area contributed by atoms with E-state index in [1.54, 1.807) is 12.3 Å². The molecule has 1 aromatic heterocycles. The van der Waals surface area contributed by atoms with Crippen molar-refractivity contribution in [3.63, 3.8) is 0 Å². The van der Waals surface area contributed by atoms with E-state index in [1.807, 2.05) is 41.3 Å². The van der Waals surface area contributed by atoms with Crippen LogP contribution >= 0.6 is 0 Å². The fourth-order valence-electron chi connectivity index (χ4n) is 3.25. The van der Waals surface area contributed by atoms with Crippen molar-refractivity contribution >= 4 is 11.8 Å². The van der Waals surface area contributed by atoms with Crippen LogP contribution < -0.4 is 10.6 Å². The van der Waals surface area contributed by atoms with Crippen molar-refractivity contribution in [2.45, 2.75) is 31.8 Å². The van der Waals surface area contributed by atoms with Crippen molar-refractivity contribution in [3.8, 4) is 0 Å². The lowest BCUT2D eigenvalue weighted by atomic mass is 10.1. The molecule has 2 amide bonds. The van der Waals surface area contributed by atoms with Gasteiger partial charge in [-0.3, -0.25) is 14.5 Å². The smallest absolute Gasteiger partial charge is 0.237 e. The van der Waals surface area contributed by atoms with Crippen LogP contribution in [0.4, 0.5) is 0 Å². The van der Waals surface area contributed by atoms with Crippen molar-refractivity contribution in [2.24, 2.45) is 0 Å². The van der Waals surface area contributed by atoms with E-state index in [0.717, 1.165) is 31.6 Å². The van der Waals surface area contributed by atoms with E-state index in [4.69, 9.17) is 4.42 Å². The maximum atomic E-state index is 12.4. The molecule has 2 aromatic rings. The zero-order chi connectivity index (χ0) is 18.2. The third-order valence-electron chi connectivity index (χ3n) is 4.61. The van der Waals surface area contributed by atoms with E-state index in [-0.39, 0.29) is 24.4 Å². The molecule has 1 aliphatic rings. The molecule has 26 heavy (non-hydrogen) atoms. The highest BCUT2D eigenvalue weighted by molar-refractivity contribution is 5.84. The summed E-state index contributed by atoms with van der Waals surface area (Å²) in [5.41, 5.74) is 1.20. The van der Waals surface area contributed by atoms with Gasteiger partial charge in [-0.1, -0.05) is 30.3 Å². The maximum absolute atomic E-state index is 12.4. The van der Waals surface area contributed by atoms with Gasteiger partial charge in [0.15, 0.2) is 0 Å². The molecular weight excluding hydrogens is 330 g/mol. The van der Waals surface area contributed by atoms with Crippen molar-refractivity contribution in [3.05, 3.63) is 60.1 Å². The zero-order valence-electron chi connectivity index (χ0n) is 14.8. The number of carbonyl (C=O) groups is 2. The minimum Gasteiger partial charge on any atom is -0.467 e. The highest BCUT2D eigenvalue weighted by Crippen LogP contribution is 2.17. The molecule has 1 saturated heterocycles. The Morgan fingerprint density at radius 2 is 1.96 bits per heavy atom. The largest absolute Gasteiger partial charge is 0.467 e. The Labute approximate surface area is 153 Å². The summed E-state index contributed by atoms with van der Waals surface area (Å²) in [5.74, 6) is 0.643. The van der Waals surface area contributed by atoms with Crippen molar-refractivity contribution in [2.75, 3.05) is 19.6 Å². The normalized spacial score (nSPS) is 17.2. The van der Waals surface area contributed by atoms with E-state index >= 15 is 0 Å². The standard InChI is InChI=1S/C20H25N3O3/c24-19(21-11-10-16-6-2-1-3-7-16)15-23-12-4-9-18(23)20(25)22-14-17-8-5-13-26-17/h1-3,5-8,13,18H,4,9-12,14-15H2,(H,21,24)(H,22,25). The van der Waals surface area contributed by atoms with Gasteiger partial charge in [0.25, 0.3) is 0 Å². The fraction of sp³-hybridized carbons (Fsp3) is 0.400. The average Bonchev–Trinajstić information content (AvgIpc) is 3.32. The Morgan fingerprint density at radius 1 is 1.12 bits per heavy atom. The summed E-state index contributed by atoms with van der Waals surface area (Å²) < 4.78 is 5.23. The first kappa shape index (κ1) is 18.2. The summed E-state index contributed by atoms with van der Waals surface area (Å²) in [4.78, 5) is 26.6. The summed E-state index contributed by atoms with van der Waals surface area (Å²) in [6.45, 7) is 2.00. The molecule has 0 spiro atoms. The molecule has 3 rings (SSSR count). The summed E-state index contributed by atoms with van der Waals surface area (Å²) in [5, 5.41) is 5.83. The topological polar surface area (TPSA) is 74.6 Å². The maximum Gasteiger partial charge on any atom is 0.237 e.